The van der Waals surface area contributed by atoms with E-state index in [9.17, 15) is 14.4 Å². The van der Waals surface area contributed by atoms with Gasteiger partial charge in [-0.2, -0.15) is 0 Å². The van der Waals surface area contributed by atoms with Gasteiger partial charge in [-0.25, -0.2) is 0 Å². The molecule has 2 aromatic rings. The molecule has 0 radical (unpaired) electrons. The minimum absolute atomic E-state index is 0.134. The van der Waals surface area contributed by atoms with Gasteiger partial charge in [0.1, 0.15) is 11.6 Å². The Morgan fingerprint density at radius 3 is 2.35 bits per heavy atom. The smallest absolute Gasteiger partial charge is 0.262 e. The molecule has 10 heteroatoms. The van der Waals surface area contributed by atoms with Crippen LogP contribution in [0.15, 0.2) is 12.1 Å². The van der Waals surface area contributed by atoms with Crippen LogP contribution in [0.2, 0.25) is 10.0 Å². The van der Waals surface area contributed by atoms with Gasteiger partial charge < -0.3 is 0 Å². The number of hydrogen-bond donors (Lipinski definition) is 1. The van der Waals surface area contributed by atoms with Gasteiger partial charge in [-0.05, 0) is 18.6 Å². The number of amides is 3. The van der Waals surface area contributed by atoms with E-state index in [-0.39, 0.29) is 21.2 Å². The first-order valence-corrected chi connectivity index (χ1v) is 9.45. The molecule has 1 aromatic carbocycles. The van der Waals surface area contributed by atoms with E-state index in [0.29, 0.717) is 5.13 Å². The highest BCUT2D eigenvalue weighted by molar-refractivity contribution is 7.15. The fourth-order valence-electron chi connectivity index (χ4n) is 2.46. The minimum Gasteiger partial charge on any atom is -0.299 e. The van der Waals surface area contributed by atoms with Gasteiger partial charge in [0, 0.05) is 6.42 Å². The van der Waals surface area contributed by atoms with Crippen LogP contribution in [0, 0.1) is 0 Å². The molecule has 3 rings (SSSR count). The Morgan fingerprint density at radius 2 is 1.77 bits per heavy atom. The molecule has 0 unspecified atom stereocenters. The Labute approximate surface area is 163 Å². The molecule has 0 bridgehead atoms. The van der Waals surface area contributed by atoms with E-state index < -0.39 is 24.3 Å². The summed E-state index contributed by atoms with van der Waals surface area (Å²) < 4.78 is 0. The summed E-state index contributed by atoms with van der Waals surface area (Å²) in [5, 5.41) is 12.0. The Balaban J connectivity index is 1.67. The zero-order valence-electron chi connectivity index (χ0n) is 13.7. The average Bonchev–Trinajstić information content (AvgIpc) is 3.13. The maximum atomic E-state index is 12.4. The Bertz CT molecular complexity index is 859. The Kier molecular flexibility index (Phi) is 5.55. The zero-order valence-corrected chi connectivity index (χ0v) is 16.0. The lowest BCUT2D eigenvalue weighted by molar-refractivity contribution is -0.116. The van der Waals surface area contributed by atoms with Gasteiger partial charge in [-0.1, -0.05) is 47.9 Å². The van der Waals surface area contributed by atoms with E-state index in [2.05, 4.69) is 22.4 Å². The number of carbonyl (C=O) groups is 3. The van der Waals surface area contributed by atoms with Crippen LogP contribution in [0.1, 0.15) is 45.5 Å². The van der Waals surface area contributed by atoms with Crippen molar-refractivity contribution in [3.63, 3.8) is 0 Å². The van der Waals surface area contributed by atoms with Gasteiger partial charge in [-0.3, -0.25) is 24.6 Å². The summed E-state index contributed by atoms with van der Waals surface area (Å²) in [6.07, 6.45) is 2.82. The third kappa shape index (κ3) is 3.72. The summed E-state index contributed by atoms with van der Waals surface area (Å²) in [7, 11) is 0. The molecule has 3 amide bonds. The SMILES string of the molecule is CCCCc1nnc(NC(=O)CN2C(=O)c3cc(Cl)c(Cl)cc3C2=O)s1. The van der Waals surface area contributed by atoms with Crippen molar-refractivity contribution in [2.24, 2.45) is 0 Å². The number of nitrogens with zero attached hydrogens (tertiary/aromatic N) is 3. The number of unbranched alkanes of at least 4 members (excludes halogenated alkanes) is 1. The second-order valence-electron chi connectivity index (χ2n) is 5.66. The third-order valence-electron chi connectivity index (χ3n) is 3.77. The van der Waals surface area contributed by atoms with Crippen LogP contribution in [-0.2, 0) is 11.2 Å². The molecule has 1 aliphatic rings. The molecule has 0 fully saturated rings. The first-order chi connectivity index (χ1) is 12.4. The molecule has 2 heterocycles. The molecule has 1 N–H and O–H groups in total. The number of imide groups is 1. The third-order valence-corrected chi connectivity index (χ3v) is 5.39. The van der Waals surface area contributed by atoms with Gasteiger partial charge in [-0.15, -0.1) is 10.2 Å². The number of anilines is 1. The minimum atomic E-state index is -0.584. The summed E-state index contributed by atoms with van der Waals surface area (Å²) in [6, 6.07) is 2.67. The summed E-state index contributed by atoms with van der Waals surface area (Å²) in [4.78, 5) is 37.8. The highest BCUT2D eigenvalue weighted by Crippen LogP contribution is 2.31. The van der Waals surface area contributed by atoms with Crippen LogP contribution in [-0.4, -0.2) is 39.4 Å². The molecule has 0 aliphatic carbocycles. The van der Waals surface area contributed by atoms with Crippen molar-refractivity contribution in [2.75, 3.05) is 11.9 Å². The fraction of sp³-hybridized carbons (Fsp3) is 0.312. The van der Waals surface area contributed by atoms with Crippen molar-refractivity contribution >= 4 is 57.4 Å². The molecule has 136 valence electrons. The van der Waals surface area contributed by atoms with E-state index in [1.807, 2.05) is 0 Å². The number of halogens is 2. The number of fused-ring (bicyclic) bond motifs is 1. The lowest BCUT2D eigenvalue weighted by Gasteiger charge is -2.12. The second kappa shape index (κ2) is 7.69. The number of carbonyl (C=O) groups excluding carboxylic acids is 3. The quantitative estimate of drug-likeness (QED) is 0.733. The van der Waals surface area contributed by atoms with Crippen molar-refractivity contribution in [2.45, 2.75) is 26.2 Å². The van der Waals surface area contributed by atoms with E-state index >= 15 is 0 Å². The molecule has 0 saturated heterocycles. The van der Waals surface area contributed by atoms with Gasteiger partial charge in [0.2, 0.25) is 11.0 Å². The Morgan fingerprint density at radius 1 is 1.15 bits per heavy atom. The first-order valence-electron chi connectivity index (χ1n) is 7.88. The van der Waals surface area contributed by atoms with Gasteiger partial charge in [0.25, 0.3) is 11.8 Å². The van der Waals surface area contributed by atoms with Crippen molar-refractivity contribution in [3.05, 3.63) is 38.3 Å². The summed E-state index contributed by atoms with van der Waals surface area (Å²) in [5.74, 6) is -1.70. The number of benzene rings is 1. The highest BCUT2D eigenvalue weighted by Gasteiger charge is 2.37. The average molecular weight is 413 g/mol. The normalized spacial score (nSPS) is 13.3. The summed E-state index contributed by atoms with van der Waals surface area (Å²) >= 11 is 13.1. The Hall–Kier alpha value is -2.03. The van der Waals surface area contributed by atoms with Crippen LogP contribution < -0.4 is 5.32 Å². The monoisotopic (exact) mass is 412 g/mol. The number of nitrogens with one attached hydrogen (secondary N) is 1. The molecular weight excluding hydrogens is 399 g/mol. The molecule has 0 saturated carbocycles. The number of rotatable bonds is 6. The lowest BCUT2D eigenvalue weighted by Crippen LogP contribution is -2.37. The molecule has 0 spiro atoms. The number of aromatic nitrogens is 2. The predicted octanol–water partition coefficient (Wildman–Crippen LogP) is 3.42. The molecular formula is C16H14Cl2N4O3S. The standard InChI is InChI=1S/C16H14Cl2N4O3S/c1-2-3-4-13-20-21-16(26-13)19-12(23)7-22-14(24)8-5-10(17)11(18)6-9(8)15(22)25/h5-6H,2-4,7H2,1H3,(H,19,21,23). The van der Waals surface area contributed by atoms with Gasteiger partial charge in [0.05, 0.1) is 21.2 Å². The van der Waals surface area contributed by atoms with Crippen LogP contribution in [0.25, 0.3) is 0 Å². The first kappa shape index (κ1) is 18.8. The van der Waals surface area contributed by atoms with Crippen LogP contribution in [0.3, 0.4) is 0 Å². The molecule has 1 aliphatic heterocycles. The lowest BCUT2D eigenvalue weighted by atomic mass is 10.1. The maximum absolute atomic E-state index is 12.4. The molecule has 7 nitrogen and oxygen atoms in total. The second-order valence-corrected chi connectivity index (χ2v) is 7.54. The fourth-order valence-corrected chi connectivity index (χ4v) is 3.59. The van der Waals surface area contributed by atoms with Crippen molar-refractivity contribution < 1.29 is 14.4 Å². The van der Waals surface area contributed by atoms with E-state index in [1.54, 1.807) is 0 Å². The van der Waals surface area contributed by atoms with Crippen molar-refractivity contribution in [1.82, 2.24) is 15.1 Å². The summed E-state index contributed by atoms with van der Waals surface area (Å²) in [6.45, 7) is 1.65. The van der Waals surface area contributed by atoms with E-state index in [0.717, 1.165) is 29.2 Å². The highest BCUT2D eigenvalue weighted by atomic mass is 35.5. The largest absolute Gasteiger partial charge is 0.299 e. The van der Waals surface area contributed by atoms with E-state index in [1.165, 1.54) is 23.5 Å². The zero-order chi connectivity index (χ0) is 18.8. The molecule has 0 atom stereocenters. The topological polar surface area (TPSA) is 92.3 Å². The van der Waals surface area contributed by atoms with Gasteiger partial charge in [0.15, 0.2) is 0 Å². The van der Waals surface area contributed by atoms with Crippen molar-refractivity contribution in [1.29, 1.82) is 0 Å². The van der Waals surface area contributed by atoms with Crippen LogP contribution in [0.4, 0.5) is 5.13 Å². The maximum Gasteiger partial charge on any atom is 0.262 e. The van der Waals surface area contributed by atoms with Gasteiger partial charge >= 0.3 is 0 Å². The number of hydrogen-bond acceptors (Lipinski definition) is 6. The molecule has 26 heavy (non-hydrogen) atoms. The predicted molar refractivity (Wildman–Crippen MR) is 99.0 cm³/mol. The molecule has 1 aromatic heterocycles. The van der Waals surface area contributed by atoms with E-state index in [4.69, 9.17) is 23.2 Å². The van der Waals surface area contributed by atoms with Crippen molar-refractivity contribution in [3.8, 4) is 0 Å². The van der Waals surface area contributed by atoms with Crippen LogP contribution >= 0.6 is 34.5 Å². The number of aryl methyl sites for hydroxylation is 1. The summed E-state index contributed by atoms with van der Waals surface area (Å²) in [5.41, 5.74) is 0.268. The van der Waals surface area contributed by atoms with Crippen LogP contribution in [0.5, 0.6) is 0 Å².